The molecule has 1 aromatic rings. The highest BCUT2D eigenvalue weighted by molar-refractivity contribution is 7.90. The predicted octanol–water partition coefficient (Wildman–Crippen LogP) is 0.366. The number of sulfonamides is 1. The number of ether oxygens (including phenoxy) is 1. The average Bonchev–Trinajstić information content (AvgIpc) is 2.71. The summed E-state index contributed by atoms with van der Waals surface area (Å²) < 4.78 is 30.6. The summed E-state index contributed by atoms with van der Waals surface area (Å²) in [6.45, 7) is 3.76. The van der Waals surface area contributed by atoms with Gasteiger partial charge in [-0.25, -0.2) is 12.7 Å². The highest BCUT2D eigenvalue weighted by Crippen LogP contribution is 2.30. The molecule has 1 aliphatic heterocycles. The van der Waals surface area contributed by atoms with Crippen molar-refractivity contribution < 1.29 is 22.7 Å². The maximum Gasteiger partial charge on any atom is 0.269 e. The number of nitrogens with zero attached hydrogens (tertiary/aromatic N) is 1. The molecule has 1 aliphatic rings. The number of methoxy groups -OCH3 is 1. The molecule has 1 aromatic carbocycles. The molecule has 2 rings (SSSR count). The van der Waals surface area contributed by atoms with E-state index in [2.05, 4.69) is 5.32 Å². The van der Waals surface area contributed by atoms with Crippen LogP contribution in [0.2, 0.25) is 0 Å². The largest absolute Gasteiger partial charge is 0.383 e. The SMILES string of the molecule is COCCN1C(=O)c2ccc(C(=O)NC(C)(C)CN)cc2S1(=O)=O.Cl. The second-order valence-corrected chi connectivity index (χ2v) is 7.96. The molecule has 0 saturated carbocycles. The number of rotatable bonds is 6. The summed E-state index contributed by atoms with van der Waals surface area (Å²) in [5, 5.41) is 2.72. The standard InChI is InChI=1S/C15H21N3O5S.ClH/c1-15(2,9-16)17-13(19)10-4-5-11-12(8-10)24(21,22)18(14(11)20)6-7-23-3;/h4-5,8H,6-7,9,16H2,1-3H3,(H,17,19);1H. The van der Waals surface area contributed by atoms with Crippen LogP contribution >= 0.6 is 12.4 Å². The van der Waals surface area contributed by atoms with E-state index in [9.17, 15) is 18.0 Å². The van der Waals surface area contributed by atoms with E-state index in [-0.39, 0.29) is 48.1 Å². The Labute approximate surface area is 153 Å². The molecular formula is C15H22ClN3O5S. The Morgan fingerprint density at radius 3 is 2.56 bits per heavy atom. The fourth-order valence-electron chi connectivity index (χ4n) is 2.24. The van der Waals surface area contributed by atoms with Gasteiger partial charge in [0.25, 0.3) is 21.8 Å². The lowest BCUT2D eigenvalue weighted by Crippen LogP contribution is -2.48. The van der Waals surface area contributed by atoms with Crippen LogP contribution in [-0.4, -0.2) is 56.9 Å². The number of carbonyl (C=O) groups excluding carboxylic acids is 2. The highest BCUT2D eigenvalue weighted by atomic mass is 35.5. The first kappa shape index (κ1) is 21.4. The summed E-state index contributed by atoms with van der Waals surface area (Å²) in [6, 6.07) is 4.00. The van der Waals surface area contributed by atoms with Crippen molar-refractivity contribution in [3.8, 4) is 0 Å². The summed E-state index contributed by atoms with van der Waals surface area (Å²) in [7, 11) is -2.56. The van der Waals surface area contributed by atoms with Crippen LogP contribution in [0.3, 0.4) is 0 Å². The molecule has 1 heterocycles. The Hall–Kier alpha value is -1.68. The van der Waals surface area contributed by atoms with E-state index in [0.717, 1.165) is 4.31 Å². The molecule has 0 aromatic heterocycles. The van der Waals surface area contributed by atoms with Gasteiger partial charge in [0.2, 0.25) is 0 Å². The Morgan fingerprint density at radius 1 is 1.36 bits per heavy atom. The first-order valence-corrected chi connectivity index (χ1v) is 8.80. The number of fused-ring (bicyclic) bond motifs is 1. The zero-order valence-corrected chi connectivity index (χ0v) is 15.9. The topological polar surface area (TPSA) is 119 Å². The van der Waals surface area contributed by atoms with Crippen molar-refractivity contribution in [2.24, 2.45) is 5.73 Å². The van der Waals surface area contributed by atoms with Gasteiger partial charge in [-0.05, 0) is 32.0 Å². The van der Waals surface area contributed by atoms with Gasteiger partial charge in [-0.15, -0.1) is 12.4 Å². The van der Waals surface area contributed by atoms with Crippen molar-refractivity contribution >= 4 is 34.2 Å². The molecule has 0 aliphatic carbocycles. The molecule has 3 N–H and O–H groups in total. The van der Waals surface area contributed by atoms with Gasteiger partial charge in [0.1, 0.15) is 4.90 Å². The van der Waals surface area contributed by atoms with Gasteiger partial charge in [0.15, 0.2) is 0 Å². The van der Waals surface area contributed by atoms with E-state index >= 15 is 0 Å². The molecule has 0 unspecified atom stereocenters. The molecule has 0 bridgehead atoms. The molecule has 0 atom stereocenters. The summed E-state index contributed by atoms with van der Waals surface area (Å²) in [5.74, 6) is -1.07. The molecule has 140 valence electrons. The lowest BCUT2D eigenvalue weighted by atomic mass is 10.0. The van der Waals surface area contributed by atoms with Crippen LogP contribution in [0, 0.1) is 0 Å². The first-order chi connectivity index (χ1) is 11.1. The third kappa shape index (κ3) is 4.12. The fraction of sp³-hybridized carbons (Fsp3) is 0.467. The molecular weight excluding hydrogens is 370 g/mol. The summed E-state index contributed by atoms with van der Waals surface area (Å²) in [6.07, 6.45) is 0. The van der Waals surface area contributed by atoms with Gasteiger partial charge in [0, 0.05) is 24.8 Å². The van der Waals surface area contributed by atoms with Gasteiger partial charge < -0.3 is 15.8 Å². The van der Waals surface area contributed by atoms with E-state index in [0.29, 0.717) is 0 Å². The van der Waals surface area contributed by atoms with Crippen molar-refractivity contribution in [1.82, 2.24) is 9.62 Å². The molecule has 0 fully saturated rings. The number of hydrogen-bond donors (Lipinski definition) is 2. The zero-order valence-electron chi connectivity index (χ0n) is 14.2. The van der Waals surface area contributed by atoms with Gasteiger partial charge in [-0.3, -0.25) is 9.59 Å². The Balaban J connectivity index is 0.00000312. The number of benzene rings is 1. The number of hydrogen-bond acceptors (Lipinski definition) is 6. The highest BCUT2D eigenvalue weighted by Gasteiger charge is 2.41. The van der Waals surface area contributed by atoms with E-state index in [4.69, 9.17) is 10.5 Å². The molecule has 0 radical (unpaired) electrons. The van der Waals surface area contributed by atoms with Crippen molar-refractivity contribution in [3.05, 3.63) is 29.3 Å². The van der Waals surface area contributed by atoms with Crippen molar-refractivity contribution in [2.75, 3.05) is 26.8 Å². The van der Waals surface area contributed by atoms with Gasteiger partial charge >= 0.3 is 0 Å². The van der Waals surface area contributed by atoms with Crippen LogP contribution in [0.4, 0.5) is 0 Å². The minimum Gasteiger partial charge on any atom is -0.383 e. The van der Waals surface area contributed by atoms with Crippen LogP contribution in [-0.2, 0) is 14.8 Å². The number of carbonyl (C=O) groups is 2. The number of nitrogens with two attached hydrogens (primary N) is 1. The third-order valence-corrected chi connectivity index (χ3v) is 5.55. The zero-order chi connectivity index (χ0) is 18.1. The van der Waals surface area contributed by atoms with Crippen LogP contribution in [0.25, 0.3) is 0 Å². The van der Waals surface area contributed by atoms with E-state index < -0.39 is 27.4 Å². The van der Waals surface area contributed by atoms with Crippen molar-refractivity contribution in [2.45, 2.75) is 24.3 Å². The smallest absolute Gasteiger partial charge is 0.269 e. The maximum absolute atomic E-state index is 12.5. The number of nitrogens with one attached hydrogen (secondary N) is 1. The van der Waals surface area contributed by atoms with E-state index in [1.807, 2.05) is 0 Å². The summed E-state index contributed by atoms with van der Waals surface area (Å²) in [5.41, 5.74) is 5.15. The van der Waals surface area contributed by atoms with E-state index in [1.54, 1.807) is 13.8 Å². The van der Waals surface area contributed by atoms with Gasteiger partial charge in [-0.1, -0.05) is 0 Å². The Bertz CT molecular complexity index is 779. The third-order valence-electron chi connectivity index (χ3n) is 3.73. The van der Waals surface area contributed by atoms with Crippen LogP contribution in [0.15, 0.2) is 23.1 Å². The lowest BCUT2D eigenvalue weighted by molar-refractivity contribution is 0.0835. The van der Waals surface area contributed by atoms with Crippen LogP contribution in [0.5, 0.6) is 0 Å². The Kier molecular flexibility index (Phi) is 6.57. The summed E-state index contributed by atoms with van der Waals surface area (Å²) >= 11 is 0. The number of halogens is 1. The van der Waals surface area contributed by atoms with Gasteiger partial charge in [-0.2, -0.15) is 0 Å². The van der Waals surface area contributed by atoms with E-state index in [1.165, 1.54) is 25.3 Å². The quantitative estimate of drug-likeness (QED) is 0.723. The van der Waals surface area contributed by atoms with Gasteiger partial charge in [0.05, 0.1) is 18.7 Å². The first-order valence-electron chi connectivity index (χ1n) is 7.36. The second kappa shape index (κ2) is 7.69. The maximum atomic E-state index is 12.5. The normalized spacial score (nSPS) is 15.5. The van der Waals surface area contributed by atoms with Crippen molar-refractivity contribution in [1.29, 1.82) is 0 Å². The minimum absolute atomic E-state index is 0. The number of amides is 2. The molecule has 8 nitrogen and oxygen atoms in total. The molecule has 25 heavy (non-hydrogen) atoms. The molecule has 0 spiro atoms. The monoisotopic (exact) mass is 391 g/mol. The summed E-state index contributed by atoms with van der Waals surface area (Å²) in [4.78, 5) is 24.4. The molecule has 0 saturated heterocycles. The average molecular weight is 392 g/mol. The second-order valence-electron chi connectivity index (χ2n) is 6.13. The lowest BCUT2D eigenvalue weighted by Gasteiger charge is -2.24. The molecule has 10 heteroatoms. The Morgan fingerprint density at radius 2 is 2.00 bits per heavy atom. The minimum atomic E-state index is -3.97. The van der Waals surface area contributed by atoms with Crippen molar-refractivity contribution in [3.63, 3.8) is 0 Å². The van der Waals surface area contributed by atoms with Crippen LogP contribution < -0.4 is 11.1 Å². The van der Waals surface area contributed by atoms with Crippen LogP contribution in [0.1, 0.15) is 34.6 Å². The fourth-order valence-corrected chi connectivity index (χ4v) is 3.82. The molecule has 2 amide bonds. The predicted molar refractivity (Wildman–Crippen MR) is 94.4 cm³/mol.